The Kier molecular flexibility index (Phi) is 5.62. The monoisotopic (exact) mass is 289 g/mol. The van der Waals surface area contributed by atoms with Gasteiger partial charge in [-0.15, -0.1) is 0 Å². The highest BCUT2D eigenvalue weighted by Crippen LogP contribution is 2.33. The molecular weight excluding hydrogens is 262 g/mol. The summed E-state index contributed by atoms with van der Waals surface area (Å²) in [5, 5.41) is 6.49. The fraction of sp³-hybridized carbons (Fsp3) is 0.588. The molecule has 1 aliphatic heterocycles. The summed E-state index contributed by atoms with van der Waals surface area (Å²) in [7, 11) is 2.16. The molecule has 2 N–H and O–H groups in total. The molecule has 0 bridgehead atoms. The maximum Gasteiger partial charge on any atom is 0.216 e. The molecule has 116 valence electrons. The van der Waals surface area contributed by atoms with E-state index in [1.807, 2.05) is 0 Å². The molecule has 0 unspecified atom stereocenters. The molecule has 0 fully saturated rings. The van der Waals surface area contributed by atoms with Crippen molar-refractivity contribution in [1.29, 1.82) is 0 Å². The van der Waals surface area contributed by atoms with Crippen LogP contribution in [0.25, 0.3) is 0 Å². The van der Waals surface area contributed by atoms with E-state index in [1.54, 1.807) is 6.92 Å². The standard InChI is InChI=1S/C17H27N3O/c1-4-14-6-7-17-15(12-14)16(8-11-20(17)3)19-10-5-9-18-13(2)21/h6-7,12,16,19H,4-5,8-11H2,1-3H3,(H,18,21)/t16-/m0/s1. The quantitative estimate of drug-likeness (QED) is 0.790. The lowest BCUT2D eigenvalue weighted by atomic mass is 9.94. The van der Waals surface area contributed by atoms with Crippen molar-refractivity contribution >= 4 is 11.6 Å². The first-order valence-electron chi connectivity index (χ1n) is 7.93. The van der Waals surface area contributed by atoms with Crippen LogP contribution < -0.4 is 15.5 Å². The Morgan fingerprint density at radius 3 is 2.90 bits per heavy atom. The van der Waals surface area contributed by atoms with Crippen LogP contribution in [0, 0.1) is 0 Å². The second kappa shape index (κ2) is 7.46. The molecule has 0 spiro atoms. The Morgan fingerprint density at radius 1 is 1.38 bits per heavy atom. The lowest BCUT2D eigenvalue weighted by Gasteiger charge is -2.34. The fourth-order valence-corrected chi connectivity index (χ4v) is 2.89. The zero-order chi connectivity index (χ0) is 15.2. The number of carbonyl (C=O) groups excluding carboxylic acids is 1. The number of hydrogen-bond donors (Lipinski definition) is 2. The Labute approximate surface area is 127 Å². The highest BCUT2D eigenvalue weighted by molar-refractivity contribution is 5.72. The molecule has 0 aliphatic carbocycles. The van der Waals surface area contributed by atoms with Crippen LogP contribution >= 0.6 is 0 Å². The van der Waals surface area contributed by atoms with Crippen LogP contribution in [0.3, 0.4) is 0 Å². The predicted octanol–water partition coefficient (Wildman–Crippen LogP) is 2.25. The molecule has 0 saturated carbocycles. The van der Waals surface area contributed by atoms with Gasteiger partial charge in [-0.2, -0.15) is 0 Å². The molecule has 0 saturated heterocycles. The van der Waals surface area contributed by atoms with Gasteiger partial charge >= 0.3 is 0 Å². The van der Waals surface area contributed by atoms with Crippen molar-refractivity contribution in [3.8, 4) is 0 Å². The minimum Gasteiger partial charge on any atom is -0.374 e. The molecule has 1 atom stereocenters. The van der Waals surface area contributed by atoms with Crippen LogP contribution in [-0.4, -0.2) is 32.6 Å². The van der Waals surface area contributed by atoms with Crippen molar-refractivity contribution in [2.24, 2.45) is 0 Å². The van der Waals surface area contributed by atoms with Crippen LogP contribution in [-0.2, 0) is 11.2 Å². The third-order valence-electron chi connectivity index (χ3n) is 4.16. The van der Waals surface area contributed by atoms with E-state index in [0.29, 0.717) is 6.04 Å². The van der Waals surface area contributed by atoms with Crippen molar-refractivity contribution in [2.45, 2.75) is 39.2 Å². The molecule has 1 amide bonds. The number of hydrogen-bond acceptors (Lipinski definition) is 3. The Bertz CT molecular complexity index is 487. The molecule has 0 aromatic heterocycles. The van der Waals surface area contributed by atoms with Gasteiger partial charge in [-0.3, -0.25) is 4.79 Å². The minimum absolute atomic E-state index is 0.0484. The van der Waals surface area contributed by atoms with E-state index >= 15 is 0 Å². The summed E-state index contributed by atoms with van der Waals surface area (Å²) in [5.41, 5.74) is 4.16. The zero-order valence-corrected chi connectivity index (χ0v) is 13.4. The Hall–Kier alpha value is -1.55. The topological polar surface area (TPSA) is 44.4 Å². The second-order valence-electron chi connectivity index (χ2n) is 5.80. The lowest BCUT2D eigenvalue weighted by Crippen LogP contribution is -2.35. The molecule has 1 aromatic rings. The maximum absolute atomic E-state index is 10.8. The van der Waals surface area contributed by atoms with Crippen LogP contribution in [0.15, 0.2) is 18.2 Å². The smallest absolute Gasteiger partial charge is 0.216 e. The number of nitrogens with one attached hydrogen (secondary N) is 2. The molecule has 1 aromatic carbocycles. The summed E-state index contributed by atoms with van der Waals surface area (Å²) in [6.45, 7) is 6.53. The van der Waals surface area contributed by atoms with Gasteiger partial charge in [0, 0.05) is 38.8 Å². The average molecular weight is 289 g/mol. The largest absolute Gasteiger partial charge is 0.374 e. The molecule has 0 radical (unpaired) electrons. The number of fused-ring (bicyclic) bond motifs is 1. The normalized spacial score (nSPS) is 17.5. The van der Waals surface area contributed by atoms with Crippen molar-refractivity contribution < 1.29 is 4.79 Å². The van der Waals surface area contributed by atoms with Crippen molar-refractivity contribution in [2.75, 3.05) is 31.6 Å². The van der Waals surface area contributed by atoms with E-state index in [4.69, 9.17) is 0 Å². The second-order valence-corrected chi connectivity index (χ2v) is 5.80. The number of benzene rings is 1. The van der Waals surface area contributed by atoms with Crippen LogP contribution in [0.5, 0.6) is 0 Å². The Balaban J connectivity index is 1.96. The van der Waals surface area contributed by atoms with Gasteiger partial charge in [0.2, 0.25) is 5.91 Å². The summed E-state index contributed by atoms with van der Waals surface area (Å²) in [4.78, 5) is 13.2. The number of aryl methyl sites for hydroxylation is 1. The van der Waals surface area contributed by atoms with E-state index in [0.717, 1.165) is 38.9 Å². The number of amides is 1. The van der Waals surface area contributed by atoms with Gasteiger partial charge in [-0.1, -0.05) is 19.1 Å². The third kappa shape index (κ3) is 4.21. The Morgan fingerprint density at radius 2 is 2.19 bits per heavy atom. The molecule has 4 heteroatoms. The highest BCUT2D eigenvalue weighted by Gasteiger charge is 2.22. The molecule has 21 heavy (non-hydrogen) atoms. The molecule has 1 aliphatic rings. The third-order valence-corrected chi connectivity index (χ3v) is 4.16. The van der Waals surface area contributed by atoms with Gasteiger partial charge in [0.05, 0.1) is 0 Å². The molecule has 1 heterocycles. The van der Waals surface area contributed by atoms with Crippen LogP contribution in [0.4, 0.5) is 5.69 Å². The summed E-state index contributed by atoms with van der Waals surface area (Å²) < 4.78 is 0. The van der Waals surface area contributed by atoms with Gasteiger partial charge in [0.15, 0.2) is 0 Å². The van der Waals surface area contributed by atoms with Gasteiger partial charge in [-0.25, -0.2) is 0 Å². The van der Waals surface area contributed by atoms with Gasteiger partial charge in [0.1, 0.15) is 0 Å². The lowest BCUT2D eigenvalue weighted by molar-refractivity contribution is -0.118. The predicted molar refractivity (Wildman–Crippen MR) is 87.8 cm³/mol. The summed E-state index contributed by atoms with van der Waals surface area (Å²) in [5.74, 6) is 0.0484. The van der Waals surface area contributed by atoms with Crippen LogP contribution in [0.1, 0.15) is 43.9 Å². The number of carbonyl (C=O) groups is 1. The molecular formula is C17H27N3O. The van der Waals surface area contributed by atoms with E-state index in [-0.39, 0.29) is 5.91 Å². The van der Waals surface area contributed by atoms with Crippen molar-refractivity contribution in [3.63, 3.8) is 0 Å². The molecule has 4 nitrogen and oxygen atoms in total. The number of rotatable bonds is 6. The molecule has 2 rings (SSSR count). The minimum atomic E-state index is 0.0484. The number of nitrogens with zero attached hydrogens (tertiary/aromatic N) is 1. The SMILES string of the molecule is CCc1ccc2c(c1)[C@@H](NCCCNC(C)=O)CCN2C. The highest BCUT2D eigenvalue weighted by atomic mass is 16.1. The first-order valence-corrected chi connectivity index (χ1v) is 7.93. The van der Waals surface area contributed by atoms with Crippen molar-refractivity contribution in [1.82, 2.24) is 10.6 Å². The average Bonchev–Trinajstić information content (AvgIpc) is 2.48. The van der Waals surface area contributed by atoms with E-state index < -0.39 is 0 Å². The first kappa shape index (κ1) is 15.8. The van der Waals surface area contributed by atoms with Gasteiger partial charge < -0.3 is 15.5 Å². The first-order chi connectivity index (χ1) is 10.1. The van der Waals surface area contributed by atoms with Gasteiger partial charge in [0.25, 0.3) is 0 Å². The van der Waals surface area contributed by atoms with E-state index in [9.17, 15) is 4.79 Å². The van der Waals surface area contributed by atoms with Gasteiger partial charge in [-0.05, 0) is 43.0 Å². The van der Waals surface area contributed by atoms with Crippen LogP contribution in [0.2, 0.25) is 0 Å². The fourth-order valence-electron chi connectivity index (χ4n) is 2.89. The summed E-state index contributed by atoms with van der Waals surface area (Å²) in [6.07, 6.45) is 3.18. The summed E-state index contributed by atoms with van der Waals surface area (Å²) in [6, 6.07) is 7.25. The maximum atomic E-state index is 10.8. The van der Waals surface area contributed by atoms with E-state index in [1.165, 1.54) is 16.8 Å². The number of anilines is 1. The van der Waals surface area contributed by atoms with E-state index in [2.05, 4.69) is 47.7 Å². The van der Waals surface area contributed by atoms with Crippen molar-refractivity contribution in [3.05, 3.63) is 29.3 Å². The zero-order valence-electron chi connectivity index (χ0n) is 13.4. The summed E-state index contributed by atoms with van der Waals surface area (Å²) >= 11 is 0.